The Labute approximate surface area is 112 Å². The minimum Gasteiger partial charge on any atom is -0.465 e. The summed E-state index contributed by atoms with van der Waals surface area (Å²) in [5.74, 6) is -0.510. The van der Waals surface area contributed by atoms with Gasteiger partial charge in [0.05, 0.1) is 24.2 Å². The summed E-state index contributed by atoms with van der Waals surface area (Å²) in [7, 11) is -0.852. The van der Waals surface area contributed by atoms with E-state index in [2.05, 4.69) is 9.46 Å². The van der Waals surface area contributed by atoms with Crippen LogP contribution in [0.2, 0.25) is 0 Å². The molecule has 106 valence electrons. The third kappa shape index (κ3) is 4.30. The van der Waals surface area contributed by atoms with Gasteiger partial charge in [-0.1, -0.05) is 0 Å². The summed E-state index contributed by atoms with van der Waals surface area (Å²) in [6, 6.07) is 5.18. The van der Waals surface area contributed by atoms with Gasteiger partial charge < -0.3 is 9.47 Å². The van der Waals surface area contributed by atoms with Gasteiger partial charge in [-0.05, 0) is 31.2 Å². The summed E-state index contributed by atoms with van der Waals surface area (Å²) in [5, 5.41) is 0. The highest BCUT2D eigenvalue weighted by Gasteiger charge is 2.17. The molecule has 0 saturated heterocycles. The SMILES string of the molecule is COC[C@H](C)NS(=O)(=O)c1ccc(C(=O)OC)cc1. The molecule has 1 aromatic carbocycles. The zero-order chi connectivity index (χ0) is 14.5. The summed E-state index contributed by atoms with van der Waals surface area (Å²) in [6.07, 6.45) is 0. The van der Waals surface area contributed by atoms with Gasteiger partial charge in [0.15, 0.2) is 0 Å². The quantitative estimate of drug-likeness (QED) is 0.782. The normalized spacial score (nSPS) is 13.0. The fourth-order valence-electron chi connectivity index (χ4n) is 1.50. The molecule has 0 aliphatic rings. The fraction of sp³-hybridized carbons (Fsp3) is 0.417. The lowest BCUT2D eigenvalue weighted by atomic mass is 10.2. The molecule has 0 amide bonds. The van der Waals surface area contributed by atoms with Crippen LogP contribution in [0.1, 0.15) is 17.3 Å². The van der Waals surface area contributed by atoms with E-state index in [-0.39, 0.29) is 17.5 Å². The van der Waals surface area contributed by atoms with Gasteiger partial charge in [0, 0.05) is 13.2 Å². The Morgan fingerprint density at radius 1 is 1.26 bits per heavy atom. The number of ether oxygens (including phenoxy) is 2. The standard InChI is InChI=1S/C12H17NO5S/c1-9(8-17-2)13-19(15,16)11-6-4-10(5-7-11)12(14)18-3/h4-7,9,13H,8H2,1-3H3/t9-/m0/s1. The summed E-state index contributed by atoms with van der Waals surface area (Å²) in [5.41, 5.74) is 0.298. The lowest BCUT2D eigenvalue weighted by Crippen LogP contribution is -2.35. The van der Waals surface area contributed by atoms with Crippen molar-refractivity contribution >= 4 is 16.0 Å². The van der Waals surface area contributed by atoms with E-state index in [1.54, 1.807) is 6.92 Å². The number of sulfonamides is 1. The van der Waals surface area contributed by atoms with E-state index < -0.39 is 16.0 Å². The van der Waals surface area contributed by atoms with Gasteiger partial charge in [0.1, 0.15) is 0 Å². The molecule has 1 atom stereocenters. The predicted molar refractivity (Wildman–Crippen MR) is 69.4 cm³/mol. The number of methoxy groups -OCH3 is 2. The fourth-order valence-corrected chi connectivity index (χ4v) is 2.73. The van der Waals surface area contributed by atoms with Crippen molar-refractivity contribution in [3.05, 3.63) is 29.8 Å². The van der Waals surface area contributed by atoms with Crippen molar-refractivity contribution in [2.75, 3.05) is 20.8 Å². The van der Waals surface area contributed by atoms with E-state index in [4.69, 9.17) is 4.74 Å². The molecule has 6 nitrogen and oxygen atoms in total. The number of hydrogen-bond acceptors (Lipinski definition) is 5. The average Bonchev–Trinajstić information content (AvgIpc) is 2.37. The molecule has 0 fully saturated rings. The van der Waals surface area contributed by atoms with Crippen molar-refractivity contribution in [1.29, 1.82) is 0 Å². The van der Waals surface area contributed by atoms with Crippen LogP contribution in [0.25, 0.3) is 0 Å². The van der Waals surface area contributed by atoms with Crippen LogP contribution >= 0.6 is 0 Å². The molecule has 19 heavy (non-hydrogen) atoms. The van der Waals surface area contributed by atoms with Gasteiger partial charge in [0.25, 0.3) is 0 Å². The summed E-state index contributed by atoms with van der Waals surface area (Å²) < 4.78 is 35.8. The molecule has 0 aromatic heterocycles. The second-order valence-electron chi connectivity index (χ2n) is 3.99. The van der Waals surface area contributed by atoms with Crippen LogP contribution in [0, 0.1) is 0 Å². The maximum atomic E-state index is 12.0. The van der Waals surface area contributed by atoms with E-state index >= 15 is 0 Å². The van der Waals surface area contributed by atoms with Crippen molar-refractivity contribution in [3.8, 4) is 0 Å². The molecular weight excluding hydrogens is 270 g/mol. The summed E-state index contributed by atoms with van der Waals surface area (Å²) in [4.78, 5) is 11.3. The van der Waals surface area contributed by atoms with Gasteiger partial charge in [0.2, 0.25) is 10.0 Å². The van der Waals surface area contributed by atoms with Gasteiger partial charge in [-0.3, -0.25) is 0 Å². The van der Waals surface area contributed by atoms with E-state index in [9.17, 15) is 13.2 Å². The lowest BCUT2D eigenvalue weighted by Gasteiger charge is -2.13. The van der Waals surface area contributed by atoms with Crippen LogP contribution in [0.15, 0.2) is 29.2 Å². The Morgan fingerprint density at radius 2 is 1.84 bits per heavy atom. The van der Waals surface area contributed by atoms with Crippen molar-refractivity contribution in [3.63, 3.8) is 0 Å². The molecule has 0 aliphatic heterocycles. The van der Waals surface area contributed by atoms with Crippen molar-refractivity contribution in [2.24, 2.45) is 0 Å². The molecule has 1 N–H and O–H groups in total. The van der Waals surface area contributed by atoms with Gasteiger partial charge in [-0.15, -0.1) is 0 Å². The second-order valence-corrected chi connectivity index (χ2v) is 5.71. The Kier molecular flexibility index (Phi) is 5.46. The minimum atomic E-state index is -3.61. The number of hydrogen-bond donors (Lipinski definition) is 1. The van der Waals surface area contributed by atoms with Crippen LogP contribution in [-0.2, 0) is 19.5 Å². The van der Waals surface area contributed by atoms with Gasteiger partial charge in [-0.25, -0.2) is 17.9 Å². The maximum Gasteiger partial charge on any atom is 0.337 e. The Morgan fingerprint density at radius 3 is 2.32 bits per heavy atom. The monoisotopic (exact) mass is 287 g/mol. The molecule has 0 bridgehead atoms. The largest absolute Gasteiger partial charge is 0.465 e. The molecule has 0 unspecified atom stereocenters. The molecule has 0 heterocycles. The molecular formula is C12H17NO5S. The first-order valence-electron chi connectivity index (χ1n) is 5.60. The van der Waals surface area contributed by atoms with E-state index in [1.807, 2.05) is 0 Å². The Balaban J connectivity index is 2.88. The van der Waals surface area contributed by atoms with Crippen molar-refractivity contribution in [1.82, 2.24) is 4.72 Å². The second kappa shape index (κ2) is 6.65. The molecule has 0 spiro atoms. The highest BCUT2D eigenvalue weighted by Crippen LogP contribution is 2.11. The highest BCUT2D eigenvalue weighted by atomic mass is 32.2. The Hall–Kier alpha value is -1.44. The first-order valence-corrected chi connectivity index (χ1v) is 7.08. The molecule has 0 saturated carbocycles. The van der Waals surface area contributed by atoms with E-state index in [1.165, 1.54) is 38.5 Å². The van der Waals surface area contributed by atoms with Crippen LogP contribution in [0.3, 0.4) is 0 Å². The van der Waals surface area contributed by atoms with Crippen LogP contribution in [0.4, 0.5) is 0 Å². The molecule has 7 heteroatoms. The number of carbonyl (C=O) groups excluding carboxylic acids is 1. The number of carbonyl (C=O) groups is 1. The minimum absolute atomic E-state index is 0.0862. The zero-order valence-electron chi connectivity index (χ0n) is 11.0. The molecule has 1 aromatic rings. The third-order valence-electron chi connectivity index (χ3n) is 2.36. The first kappa shape index (κ1) is 15.6. The highest BCUT2D eigenvalue weighted by molar-refractivity contribution is 7.89. The van der Waals surface area contributed by atoms with Crippen molar-refractivity contribution in [2.45, 2.75) is 17.9 Å². The summed E-state index contributed by atoms with van der Waals surface area (Å²) >= 11 is 0. The van der Waals surface area contributed by atoms with E-state index in [0.717, 1.165) is 0 Å². The third-order valence-corrected chi connectivity index (χ3v) is 3.96. The average molecular weight is 287 g/mol. The van der Waals surface area contributed by atoms with Crippen molar-refractivity contribution < 1.29 is 22.7 Å². The molecule has 0 radical (unpaired) electrons. The number of benzene rings is 1. The zero-order valence-corrected chi connectivity index (χ0v) is 11.9. The number of nitrogens with one attached hydrogen (secondary N) is 1. The van der Waals surface area contributed by atoms with Gasteiger partial charge >= 0.3 is 5.97 Å². The topological polar surface area (TPSA) is 81.7 Å². The predicted octanol–water partition coefficient (Wildman–Crippen LogP) is 0.786. The molecule has 1 rings (SSSR count). The Bertz CT molecular complexity index is 524. The first-order chi connectivity index (χ1) is 8.90. The number of rotatable bonds is 6. The maximum absolute atomic E-state index is 12.0. The summed E-state index contributed by atoms with van der Waals surface area (Å²) in [6.45, 7) is 1.98. The lowest BCUT2D eigenvalue weighted by molar-refractivity contribution is 0.0600. The number of esters is 1. The van der Waals surface area contributed by atoms with E-state index in [0.29, 0.717) is 5.56 Å². The molecule has 0 aliphatic carbocycles. The smallest absolute Gasteiger partial charge is 0.337 e. The van der Waals surface area contributed by atoms with Gasteiger partial charge in [-0.2, -0.15) is 0 Å². The van der Waals surface area contributed by atoms with Crippen LogP contribution in [0.5, 0.6) is 0 Å². The van der Waals surface area contributed by atoms with Crippen LogP contribution in [-0.4, -0.2) is 41.3 Å². The van der Waals surface area contributed by atoms with Crippen LogP contribution < -0.4 is 4.72 Å².